The number of hydrogen-bond donors (Lipinski definition) is 0. The second kappa shape index (κ2) is 9.45. The maximum atomic E-state index is 9.97. The van der Waals surface area contributed by atoms with E-state index in [1.54, 1.807) is 0 Å². The summed E-state index contributed by atoms with van der Waals surface area (Å²) in [6, 6.07) is 0. The molecule has 2 unspecified atom stereocenters. The summed E-state index contributed by atoms with van der Waals surface area (Å²) in [5.41, 5.74) is 0. The normalized spacial score (nSPS) is 13.2. The van der Waals surface area contributed by atoms with Crippen molar-refractivity contribution in [3.8, 4) is 0 Å². The van der Waals surface area contributed by atoms with Crippen LogP contribution in [0.4, 0.5) is 0 Å². The third-order valence-electron chi connectivity index (χ3n) is 0.707. The molecular formula is C4H2Br2Na2O4. The number of halogens is 2. The number of carbonyl (C=O) groups is 2. The molecule has 12 heavy (non-hydrogen) atoms. The van der Waals surface area contributed by atoms with Gasteiger partial charge in [0.05, 0.1) is 21.6 Å². The van der Waals surface area contributed by atoms with Crippen molar-refractivity contribution in [1.82, 2.24) is 0 Å². The van der Waals surface area contributed by atoms with Crippen LogP contribution in [0.15, 0.2) is 0 Å². The molecule has 0 spiro atoms. The third-order valence-corrected chi connectivity index (χ3v) is 3.22. The second-order valence-electron chi connectivity index (χ2n) is 1.44. The standard InChI is InChI=1S/C4H4Br2O4.2Na/c5-1(3(7)8)2(6)4(9)10;;/h1-2H,(H,7,8)(H,9,10);;/q;2*+1/p-2. The van der Waals surface area contributed by atoms with Crippen LogP contribution in [-0.4, -0.2) is 21.6 Å². The van der Waals surface area contributed by atoms with E-state index in [1.807, 2.05) is 0 Å². The van der Waals surface area contributed by atoms with E-state index >= 15 is 0 Å². The van der Waals surface area contributed by atoms with Crippen LogP contribution in [0.3, 0.4) is 0 Å². The number of rotatable bonds is 3. The van der Waals surface area contributed by atoms with Crippen LogP contribution >= 0.6 is 31.9 Å². The van der Waals surface area contributed by atoms with E-state index in [9.17, 15) is 19.8 Å². The van der Waals surface area contributed by atoms with Gasteiger partial charge in [-0.25, -0.2) is 0 Å². The SMILES string of the molecule is O=C([O-])C(Br)C(Br)C(=O)[O-].[Na+].[Na+]. The monoisotopic (exact) mass is 318 g/mol. The van der Waals surface area contributed by atoms with Crippen molar-refractivity contribution in [2.75, 3.05) is 0 Å². The van der Waals surface area contributed by atoms with Gasteiger partial charge in [-0.2, -0.15) is 0 Å². The van der Waals surface area contributed by atoms with Gasteiger partial charge in [-0.15, -0.1) is 0 Å². The van der Waals surface area contributed by atoms with Gasteiger partial charge in [0.1, 0.15) is 0 Å². The van der Waals surface area contributed by atoms with Gasteiger partial charge >= 0.3 is 59.1 Å². The Morgan fingerprint density at radius 2 is 1.08 bits per heavy atom. The molecule has 0 aliphatic rings. The molecule has 0 aromatic rings. The first-order chi connectivity index (χ1) is 4.46. The third kappa shape index (κ3) is 7.32. The van der Waals surface area contributed by atoms with E-state index < -0.39 is 21.6 Å². The summed E-state index contributed by atoms with van der Waals surface area (Å²) < 4.78 is 0. The Balaban J connectivity index is -0.000000405. The fraction of sp³-hybridized carbons (Fsp3) is 0.500. The molecule has 4 nitrogen and oxygen atoms in total. The number of carboxylic acids is 2. The smallest absolute Gasteiger partial charge is 0.549 e. The van der Waals surface area contributed by atoms with E-state index in [1.165, 1.54) is 0 Å². The molecule has 0 saturated heterocycles. The Hall–Kier alpha value is 1.90. The first-order valence-electron chi connectivity index (χ1n) is 2.16. The molecule has 0 N–H and O–H groups in total. The second-order valence-corrected chi connectivity index (χ2v) is 3.41. The molecule has 2 atom stereocenters. The number of aliphatic carboxylic acids is 2. The van der Waals surface area contributed by atoms with Gasteiger partial charge in [-0.1, -0.05) is 31.9 Å². The van der Waals surface area contributed by atoms with Gasteiger partial charge in [-0.05, 0) is 0 Å². The number of carbonyl (C=O) groups excluding carboxylic acids is 2. The van der Waals surface area contributed by atoms with Crippen LogP contribution in [0, 0.1) is 0 Å². The van der Waals surface area contributed by atoms with Gasteiger partial charge in [0.15, 0.2) is 0 Å². The molecule has 0 saturated carbocycles. The fourth-order valence-electron chi connectivity index (χ4n) is 0.239. The molecule has 0 bridgehead atoms. The number of alkyl halides is 2. The van der Waals surface area contributed by atoms with E-state index in [4.69, 9.17) is 0 Å². The Labute approximate surface area is 130 Å². The zero-order valence-electron chi connectivity index (χ0n) is 6.54. The molecule has 8 heteroatoms. The van der Waals surface area contributed by atoms with Gasteiger partial charge in [0.2, 0.25) is 0 Å². The van der Waals surface area contributed by atoms with Crippen LogP contribution in [0.2, 0.25) is 0 Å². The van der Waals surface area contributed by atoms with Crippen molar-refractivity contribution < 1.29 is 78.9 Å². The molecule has 0 aromatic heterocycles. The van der Waals surface area contributed by atoms with E-state index in [0.29, 0.717) is 0 Å². The summed E-state index contributed by atoms with van der Waals surface area (Å²) in [5.74, 6) is -2.99. The first kappa shape index (κ1) is 19.5. The van der Waals surface area contributed by atoms with Crippen LogP contribution in [0.5, 0.6) is 0 Å². The predicted molar refractivity (Wildman–Crippen MR) is 35.4 cm³/mol. The molecule has 0 heterocycles. The summed E-state index contributed by atoms with van der Waals surface area (Å²) in [6.45, 7) is 0. The molecular weight excluding hydrogens is 318 g/mol. The van der Waals surface area contributed by atoms with Crippen molar-refractivity contribution in [1.29, 1.82) is 0 Å². The molecule has 0 amide bonds. The number of hydrogen-bond acceptors (Lipinski definition) is 4. The topological polar surface area (TPSA) is 80.3 Å². The zero-order valence-corrected chi connectivity index (χ0v) is 13.7. The summed E-state index contributed by atoms with van der Waals surface area (Å²) in [5, 5.41) is 19.9. The average Bonchev–Trinajstić information content (AvgIpc) is 1.84. The molecule has 0 rings (SSSR count). The maximum absolute atomic E-state index is 9.97. The van der Waals surface area contributed by atoms with E-state index in [2.05, 4.69) is 31.9 Å². The minimum atomic E-state index is -1.49. The van der Waals surface area contributed by atoms with E-state index in [-0.39, 0.29) is 59.1 Å². The van der Waals surface area contributed by atoms with Crippen LogP contribution in [0.25, 0.3) is 0 Å². The summed E-state index contributed by atoms with van der Waals surface area (Å²) in [7, 11) is 0. The Morgan fingerprint density at radius 3 is 1.17 bits per heavy atom. The van der Waals surface area contributed by atoms with Crippen LogP contribution < -0.4 is 69.3 Å². The minimum absolute atomic E-state index is 0. The van der Waals surface area contributed by atoms with Gasteiger partial charge in [0, 0.05) is 0 Å². The molecule has 0 aliphatic carbocycles. The van der Waals surface area contributed by atoms with Crippen molar-refractivity contribution >= 4 is 43.8 Å². The molecule has 0 radical (unpaired) electrons. The first-order valence-corrected chi connectivity index (χ1v) is 3.99. The van der Waals surface area contributed by atoms with Crippen LogP contribution in [0.1, 0.15) is 0 Å². The molecule has 58 valence electrons. The quantitative estimate of drug-likeness (QED) is 0.382. The summed E-state index contributed by atoms with van der Waals surface area (Å²) in [4.78, 5) is 17.4. The largest absolute Gasteiger partial charge is 1.00 e. The minimum Gasteiger partial charge on any atom is -0.549 e. The van der Waals surface area contributed by atoms with Crippen molar-refractivity contribution in [2.45, 2.75) is 9.65 Å². The van der Waals surface area contributed by atoms with Crippen LogP contribution in [-0.2, 0) is 9.59 Å². The Morgan fingerprint density at radius 1 is 0.917 bits per heavy atom. The fourth-order valence-corrected chi connectivity index (χ4v) is 0.671. The van der Waals surface area contributed by atoms with Crippen molar-refractivity contribution in [2.24, 2.45) is 0 Å². The Bertz CT molecular complexity index is 147. The van der Waals surface area contributed by atoms with Gasteiger partial charge in [0.25, 0.3) is 0 Å². The van der Waals surface area contributed by atoms with Gasteiger partial charge < -0.3 is 19.8 Å². The predicted octanol–water partition coefficient (Wildman–Crippen LogP) is -7.98. The summed E-state index contributed by atoms with van der Waals surface area (Å²) >= 11 is 5.16. The number of carboxylic acid groups (broad SMARTS) is 2. The van der Waals surface area contributed by atoms with Crippen molar-refractivity contribution in [3.05, 3.63) is 0 Å². The van der Waals surface area contributed by atoms with E-state index in [0.717, 1.165) is 0 Å². The molecule has 0 fully saturated rings. The summed E-state index contributed by atoms with van der Waals surface area (Å²) in [6.07, 6.45) is 0. The maximum Gasteiger partial charge on any atom is 1.00 e. The Kier molecular flexibility index (Phi) is 15.3. The molecule has 0 aromatic carbocycles. The van der Waals surface area contributed by atoms with Gasteiger partial charge in [-0.3, -0.25) is 0 Å². The van der Waals surface area contributed by atoms with Crippen molar-refractivity contribution in [3.63, 3.8) is 0 Å². The zero-order chi connectivity index (χ0) is 8.31. The average molecular weight is 320 g/mol. The molecule has 0 aliphatic heterocycles.